The van der Waals surface area contributed by atoms with E-state index in [1.54, 1.807) is 16.7 Å². The molecule has 0 unspecified atom stereocenters. The van der Waals surface area contributed by atoms with Crippen LogP contribution in [0.5, 0.6) is 0 Å². The molecule has 1 N–H and O–H groups in total. The zero-order valence-corrected chi connectivity index (χ0v) is 19.3. The largest absolute Gasteiger partial charge is 0.465 e. The zero-order chi connectivity index (χ0) is 22.2. The fraction of sp³-hybridized carbons (Fsp3) is 0.240. The molecular formula is C25H25ClN4O3. The number of carbonyl (C=O) groups excluding carboxylic acids is 1. The summed E-state index contributed by atoms with van der Waals surface area (Å²) in [6.45, 7) is 3.66. The minimum absolute atomic E-state index is 0. The van der Waals surface area contributed by atoms with Crippen LogP contribution in [0.2, 0.25) is 0 Å². The standard InChI is InChI=1S/C25H24N4O3.ClH/c1-16-13-22-23(27-14-16)29(21-11-12-26-15-21)25(31)28(22)20-9-7-18(8-10-20)17-3-5-19(6-4-17)24(30)32-2;/h3-10,13-14,21,26H,11-12,15H2,1-2H3;1H/t21-;/m0./s1. The van der Waals surface area contributed by atoms with Gasteiger partial charge in [-0.1, -0.05) is 24.3 Å². The lowest BCUT2D eigenvalue weighted by atomic mass is 10.0. The van der Waals surface area contributed by atoms with Crippen LogP contribution in [0.4, 0.5) is 0 Å². The Hall–Kier alpha value is -3.42. The van der Waals surface area contributed by atoms with Crippen molar-refractivity contribution in [2.75, 3.05) is 20.2 Å². The van der Waals surface area contributed by atoms with Crippen molar-refractivity contribution in [1.82, 2.24) is 19.4 Å². The van der Waals surface area contributed by atoms with Gasteiger partial charge in [0.1, 0.15) is 0 Å². The molecule has 3 heterocycles. The fourth-order valence-corrected chi connectivity index (χ4v) is 4.36. The second kappa shape index (κ2) is 9.21. The third-order valence-electron chi connectivity index (χ3n) is 6.01. The van der Waals surface area contributed by atoms with Gasteiger partial charge in [-0.3, -0.25) is 9.13 Å². The molecule has 2 aromatic carbocycles. The average molecular weight is 465 g/mol. The van der Waals surface area contributed by atoms with Crippen LogP contribution in [0.3, 0.4) is 0 Å². The smallest absolute Gasteiger partial charge is 0.337 e. The van der Waals surface area contributed by atoms with Gasteiger partial charge in [0, 0.05) is 12.7 Å². The summed E-state index contributed by atoms with van der Waals surface area (Å²) in [4.78, 5) is 29.7. The number of methoxy groups -OCH3 is 1. The van der Waals surface area contributed by atoms with Gasteiger partial charge < -0.3 is 10.1 Å². The van der Waals surface area contributed by atoms with Crippen molar-refractivity contribution in [2.24, 2.45) is 0 Å². The Kier molecular flexibility index (Phi) is 6.35. The van der Waals surface area contributed by atoms with Gasteiger partial charge in [0.05, 0.1) is 29.9 Å². The Labute approximate surface area is 197 Å². The van der Waals surface area contributed by atoms with Crippen LogP contribution in [0.15, 0.2) is 65.6 Å². The Morgan fingerprint density at radius 3 is 2.36 bits per heavy atom. The molecule has 170 valence electrons. The number of hydrogen-bond acceptors (Lipinski definition) is 5. The highest BCUT2D eigenvalue weighted by Gasteiger charge is 2.24. The highest BCUT2D eigenvalue weighted by atomic mass is 35.5. The normalized spacial score (nSPS) is 15.4. The van der Waals surface area contributed by atoms with Gasteiger partial charge in [-0.25, -0.2) is 14.6 Å². The summed E-state index contributed by atoms with van der Waals surface area (Å²) in [7, 11) is 1.37. The van der Waals surface area contributed by atoms with Crippen LogP contribution in [0.25, 0.3) is 28.0 Å². The molecule has 0 spiro atoms. The molecule has 4 aromatic rings. The molecule has 8 heteroatoms. The number of benzene rings is 2. The zero-order valence-electron chi connectivity index (χ0n) is 18.4. The molecule has 1 atom stereocenters. The molecule has 0 aliphatic carbocycles. The number of carbonyl (C=O) groups is 1. The third kappa shape index (κ3) is 4.05. The summed E-state index contributed by atoms with van der Waals surface area (Å²) in [5, 5.41) is 3.34. The van der Waals surface area contributed by atoms with Crippen LogP contribution < -0.4 is 11.0 Å². The van der Waals surface area contributed by atoms with Gasteiger partial charge in [0.25, 0.3) is 0 Å². The molecule has 0 saturated carbocycles. The van der Waals surface area contributed by atoms with Crippen molar-refractivity contribution < 1.29 is 9.53 Å². The van der Waals surface area contributed by atoms with Crippen molar-refractivity contribution in [1.29, 1.82) is 0 Å². The maximum Gasteiger partial charge on any atom is 0.337 e. The number of esters is 1. The number of aromatic nitrogens is 3. The van der Waals surface area contributed by atoms with E-state index < -0.39 is 0 Å². The number of halogens is 1. The number of nitrogens with one attached hydrogen (secondary N) is 1. The van der Waals surface area contributed by atoms with Crippen LogP contribution in [-0.4, -0.2) is 40.3 Å². The van der Waals surface area contributed by atoms with Crippen LogP contribution in [-0.2, 0) is 4.74 Å². The summed E-state index contributed by atoms with van der Waals surface area (Å²) >= 11 is 0. The van der Waals surface area contributed by atoms with E-state index in [4.69, 9.17) is 4.74 Å². The number of aryl methyl sites for hydroxylation is 1. The number of pyridine rings is 1. The van der Waals surface area contributed by atoms with E-state index in [0.717, 1.165) is 53.1 Å². The Bertz CT molecular complexity index is 1350. The monoisotopic (exact) mass is 464 g/mol. The average Bonchev–Trinajstić information content (AvgIpc) is 3.44. The van der Waals surface area contributed by atoms with Gasteiger partial charge in [-0.15, -0.1) is 12.4 Å². The third-order valence-corrected chi connectivity index (χ3v) is 6.01. The molecule has 33 heavy (non-hydrogen) atoms. The van der Waals surface area contributed by atoms with Crippen molar-refractivity contribution in [2.45, 2.75) is 19.4 Å². The molecule has 0 radical (unpaired) electrons. The molecule has 0 bridgehead atoms. The molecule has 1 saturated heterocycles. The summed E-state index contributed by atoms with van der Waals surface area (Å²) in [6, 6.07) is 17.3. The van der Waals surface area contributed by atoms with E-state index in [0.29, 0.717) is 5.56 Å². The summed E-state index contributed by atoms with van der Waals surface area (Å²) in [6.07, 6.45) is 2.72. The van der Waals surface area contributed by atoms with E-state index in [1.807, 2.05) is 60.2 Å². The molecule has 5 rings (SSSR count). The van der Waals surface area contributed by atoms with Gasteiger partial charge in [0.15, 0.2) is 5.65 Å². The first-order valence-corrected chi connectivity index (χ1v) is 10.7. The minimum atomic E-state index is -0.357. The minimum Gasteiger partial charge on any atom is -0.465 e. The van der Waals surface area contributed by atoms with Crippen molar-refractivity contribution in [3.63, 3.8) is 0 Å². The van der Waals surface area contributed by atoms with E-state index in [9.17, 15) is 9.59 Å². The van der Waals surface area contributed by atoms with Crippen molar-refractivity contribution in [3.05, 3.63) is 82.4 Å². The molecule has 1 aliphatic rings. The maximum atomic E-state index is 13.5. The van der Waals surface area contributed by atoms with Crippen molar-refractivity contribution >= 4 is 29.5 Å². The van der Waals surface area contributed by atoms with Gasteiger partial charge in [-0.05, 0) is 66.9 Å². The van der Waals surface area contributed by atoms with Gasteiger partial charge in [0.2, 0.25) is 0 Å². The van der Waals surface area contributed by atoms with Crippen LogP contribution >= 0.6 is 12.4 Å². The quantitative estimate of drug-likeness (QED) is 0.463. The predicted molar refractivity (Wildman–Crippen MR) is 131 cm³/mol. The van der Waals surface area contributed by atoms with E-state index in [1.165, 1.54) is 7.11 Å². The topological polar surface area (TPSA) is 78.1 Å². The molecule has 7 nitrogen and oxygen atoms in total. The number of rotatable bonds is 4. The number of ether oxygens (including phenoxy) is 1. The number of imidazole rings is 1. The summed E-state index contributed by atoms with van der Waals surface area (Å²) in [5.74, 6) is -0.357. The molecular weight excluding hydrogens is 440 g/mol. The van der Waals surface area contributed by atoms with E-state index in [2.05, 4.69) is 10.3 Å². The summed E-state index contributed by atoms with van der Waals surface area (Å²) < 4.78 is 8.33. The second-order valence-electron chi connectivity index (χ2n) is 8.11. The Balaban J connectivity index is 0.00000259. The fourth-order valence-electron chi connectivity index (χ4n) is 4.36. The first-order valence-electron chi connectivity index (χ1n) is 10.7. The lowest BCUT2D eigenvalue weighted by molar-refractivity contribution is 0.0601. The Morgan fingerprint density at radius 1 is 1.09 bits per heavy atom. The van der Waals surface area contributed by atoms with Crippen molar-refractivity contribution in [3.8, 4) is 16.8 Å². The highest BCUT2D eigenvalue weighted by Crippen LogP contribution is 2.25. The maximum absolute atomic E-state index is 13.5. The molecule has 0 amide bonds. The molecule has 1 aliphatic heterocycles. The SMILES string of the molecule is COC(=O)c1ccc(-c2ccc(-n3c(=O)n([C@H]4CCNC4)c4ncc(C)cc43)cc2)cc1.Cl. The molecule has 1 fully saturated rings. The predicted octanol–water partition coefficient (Wildman–Crippen LogP) is 3.91. The lowest BCUT2D eigenvalue weighted by Crippen LogP contribution is -2.28. The first kappa shape index (κ1) is 22.8. The van der Waals surface area contributed by atoms with Crippen LogP contribution in [0.1, 0.15) is 28.4 Å². The van der Waals surface area contributed by atoms with Gasteiger partial charge in [-0.2, -0.15) is 0 Å². The number of fused-ring (bicyclic) bond motifs is 1. The Morgan fingerprint density at radius 2 is 1.76 bits per heavy atom. The lowest BCUT2D eigenvalue weighted by Gasteiger charge is -2.09. The van der Waals surface area contributed by atoms with E-state index in [-0.39, 0.29) is 30.1 Å². The second-order valence-corrected chi connectivity index (χ2v) is 8.11. The first-order chi connectivity index (χ1) is 15.6. The highest BCUT2D eigenvalue weighted by molar-refractivity contribution is 5.90. The number of hydrogen-bond donors (Lipinski definition) is 1. The van der Waals surface area contributed by atoms with Gasteiger partial charge >= 0.3 is 11.7 Å². The van der Waals surface area contributed by atoms with E-state index >= 15 is 0 Å². The number of nitrogens with zero attached hydrogens (tertiary/aromatic N) is 3. The molecule has 2 aromatic heterocycles. The van der Waals surface area contributed by atoms with Crippen LogP contribution in [0, 0.1) is 6.92 Å². The summed E-state index contributed by atoms with van der Waals surface area (Å²) in [5.41, 5.74) is 5.76.